The van der Waals surface area contributed by atoms with Crippen molar-refractivity contribution in [3.05, 3.63) is 49.1 Å². The number of anilines is 1. The molecule has 9 heteroatoms. The van der Waals surface area contributed by atoms with E-state index in [1.807, 2.05) is 30.3 Å². The van der Waals surface area contributed by atoms with Crippen molar-refractivity contribution in [2.24, 2.45) is 5.92 Å². The second-order valence-electron chi connectivity index (χ2n) is 8.14. The van der Waals surface area contributed by atoms with Gasteiger partial charge in [-0.25, -0.2) is 14.6 Å². The fourth-order valence-corrected chi connectivity index (χ4v) is 3.54. The van der Waals surface area contributed by atoms with E-state index in [0.29, 0.717) is 30.6 Å². The number of carboxylic acid groups (broad SMARTS) is 2. The molecule has 0 radical (unpaired) electrons. The topological polar surface area (TPSA) is 116 Å². The molecule has 3 rings (SSSR count). The van der Waals surface area contributed by atoms with E-state index < -0.39 is 11.9 Å². The van der Waals surface area contributed by atoms with Crippen LogP contribution in [-0.2, 0) is 9.59 Å². The van der Waals surface area contributed by atoms with Gasteiger partial charge in [-0.15, -0.1) is 6.58 Å². The zero-order valence-electron chi connectivity index (χ0n) is 19.9. The SMILES string of the molecule is C=CCN1CCN(c2nc(OCC(C)CCC)c3ccccc3n2)CC1.O=C(O)/C=C/C(=O)O. The molecule has 1 fully saturated rings. The van der Waals surface area contributed by atoms with Crippen LogP contribution in [0.5, 0.6) is 5.88 Å². The Morgan fingerprint density at radius 1 is 1.12 bits per heavy atom. The Kier molecular flexibility index (Phi) is 11.0. The van der Waals surface area contributed by atoms with Crippen LogP contribution in [0.15, 0.2) is 49.1 Å². The summed E-state index contributed by atoms with van der Waals surface area (Å²) in [5, 5.41) is 16.6. The van der Waals surface area contributed by atoms with Gasteiger partial charge in [-0.1, -0.05) is 38.5 Å². The van der Waals surface area contributed by atoms with Crippen LogP contribution in [-0.4, -0.2) is 76.4 Å². The Labute approximate surface area is 200 Å². The van der Waals surface area contributed by atoms with Gasteiger partial charge in [0.2, 0.25) is 11.8 Å². The highest BCUT2D eigenvalue weighted by molar-refractivity contribution is 5.89. The lowest BCUT2D eigenvalue weighted by Crippen LogP contribution is -2.46. The first kappa shape index (κ1) is 26.8. The number of hydrogen-bond donors (Lipinski definition) is 2. The lowest BCUT2D eigenvalue weighted by atomic mass is 10.1. The van der Waals surface area contributed by atoms with Crippen LogP contribution in [0.3, 0.4) is 0 Å². The highest BCUT2D eigenvalue weighted by Crippen LogP contribution is 2.26. The monoisotopic (exact) mass is 470 g/mol. The Balaban J connectivity index is 0.000000440. The van der Waals surface area contributed by atoms with Gasteiger partial charge >= 0.3 is 11.9 Å². The van der Waals surface area contributed by atoms with E-state index in [1.54, 1.807) is 0 Å². The van der Waals surface area contributed by atoms with Crippen LogP contribution in [0.2, 0.25) is 0 Å². The summed E-state index contributed by atoms with van der Waals surface area (Å²) in [5.41, 5.74) is 0.948. The number of benzene rings is 1. The van der Waals surface area contributed by atoms with Gasteiger partial charge in [0.15, 0.2) is 0 Å². The number of aliphatic carboxylic acids is 2. The Morgan fingerprint density at radius 2 is 1.76 bits per heavy atom. The van der Waals surface area contributed by atoms with Crippen LogP contribution in [0, 0.1) is 5.92 Å². The zero-order valence-corrected chi connectivity index (χ0v) is 19.9. The second-order valence-corrected chi connectivity index (χ2v) is 8.14. The molecule has 1 saturated heterocycles. The Hall–Kier alpha value is -3.46. The van der Waals surface area contributed by atoms with Crippen LogP contribution < -0.4 is 9.64 Å². The van der Waals surface area contributed by atoms with E-state index in [1.165, 1.54) is 12.8 Å². The van der Waals surface area contributed by atoms with Crippen molar-refractivity contribution in [1.82, 2.24) is 14.9 Å². The highest BCUT2D eigenvalue weighted by Gasteiger charge is 2.20. The molecule has 1 aromatic carbocycles. The normalized spacial score (nSPS) is 14.9. The molecular formula is C25H34N4O5. The number of piperazine rings is 1. The minimum Gasteiger partial charge on any atom is -0.478 e. The molecule has 1 unspecified atom stereocenters. The minimum atomic E-state index is -1.26. The number of hydrogen-bond acceptors (Lipinski definition) is 7. The summed E-state index contributed by atoms with van der Waals surface area (Å²) in [6.07, 6.45) is 5.42. The lowest BCUT2D eigenvalue weighted by Gasteiger charge is -2.34. The quantitative estimate of drug-likeness (QED) is 0.398. The van der Waals surface area contributed by atoms with Gasteiger partial charge in [-0.3, -0.25) is 4.90 Å². The first-order chi connectivity index (χ1) is 16.3. The van der Waals surface area contributed by atoms with Gasteiger partial charge in [0.05, 0.1) is 17.5 Å². The van der Waals surface area contributed by atoms with E-state index in [2.05, 4.69) is 30.2 Å². The Bertz CT molecular complexity index is 970. The number of carbonyl (C=O) groups is 2. The van der Waals surface area contributed by atoms with Crippen molar-refractivity contribution in [3.63, 3.8) is 0 Å². The van der Waals surface area contributed by atoms with Crippen LogP contribution >= 0.6 is 0 Å². The summed E-state index contributed by atoms with van der Waals surface area (Å²) in [7, 11) is 0. The summed E-state index contributed by atoms with van der Waals surface area (Å²) in [6.45, 7) is 13.8. The molecule has 2 N–H and O–H groups in total. The molecule has 34 heavy (non-hydrogen) atoms. The summed E-state index contributed by atoms with van der Waals surface area (Å²) in [4.78, 5) is 33.3. The van der Waals surface area contributed by atoms with E-state index in [0.717, 1.165) is 49.6 Å². The number of ether oxygens (including phenoxy) is 1. The Morgan fingerprint density at radius 3 is 2.35 bits per heavy atom. The van der Waals surface area contributed by atoms with Gasteiger partial charge < -0.3 is 19.8 Å². The molecule has 0 saturated carbocycles. The molecule has 1 aromatic heterocycles. The van der Waals surface area contributed by atoms with Crippen molar-refractivity contribution >= 4 is 28.8 Å². The molecule has 0 spiro atoms. The van der Waals surface area contributed by atoms with E-state index in [4.69, 9.17) is 24.9 Å². The maximum Gasteiger partial charge on any atom is 0.328 e. The summed E-state index contributed by atoms with van der Waals surface area (Å²) in [5.74, 6) is -0.499. The molecule has 2 aromatic rings. The van der Waals surface area contributed by atoms with Crippen LogP contribution in [0.25, 0.3) is 10.9 Å². The molecule has 1 atom stereocenters. The highest BCUT2D eigenvalue weighted by atomic mass is 16.5. The number of aromatic nitrogens is 2. The van der Waals surface area contributed by atoms with Gasteiger partial charge in [0.1, 0.15) is 0 Å². The summed E-state index contributed by atoms with van der Waals surface area (Å²) >= 11 is 0. The maximum atomic E-state index is 9.55. The predicted octanol–water partition coefficient (Wildman–Crippen LogP) is 3.46. The largest absolute Gasteiger partial charge is 0.478 e. The smallest absolute Gasteiger partial charge is 0.328 e. The average molecular weight is 471 g/mol. The van der Waals surface area contributed by atoms with Crippen LogP contribution in [0.4, 0.5) is 5.95 Å². The predicted molar refractivity (Wildman–Crippen MR) is 132 cm³/mol. The number of fused-ring (bicyclic) bond motifs is 1. The number of para-hydroxylation sites is 1. The fraction of sp³-hybridized carbons (Fsp3) is 0.440. The van der Waals surface area contributed by atoms with Gasteiger partial charge in [0.25, 0.3) is 0 Å². The van der Waals surface area contributed by atoms with E-state index in [-0.39, 0.29) is 0 Å². The van der Waals surface area contributed by atoms with Gasteiger partial charge in [-0.05, 0) is 24.5 Å². The van der Waals surface area contributed by atoms with Crippen molar-refractivity contribution < 1.29 is 24.5 Å². The minimum absolute atomic E-state index is 0.527. The molecular weight excluding hydrogens is 436 g/mol. The molecule has 2 heterocycles. The third-order valence-corrected chi connectivity index (χ3v) is 5.25. The average Bonchev–Trinajstić information content (AvgIpc) is 2.82. The molecule has 0 amide bonds. The van der Waals surface area contributed by atoms with Gasteiger partial charge in [-0.2, -0.15) is 4.98 Å². The number of nitrogens with zero attached hydrogens (tertiary/aromatic N) is 4. The number of carboxylic acids is 2. The maximum absolute atomic E-state index is 9.55. The fourth-order valence-electron chi connectivity index (χ4n) is 3.54. The molecule has 0 aliphatic carbocycles. The first-order valence-electron chi connectivity index (χ1n) is 11.5. The summed E-state index contributed by atoms with van der Waals surface area (Å²) < 4.78 is 6.12. The van der Waals surface area contributed by atoms with E-state index >= 15 is 0 Å². The van der Waals surface area contributed by atoms with Crippen LogP contribution in [0.1, 0.15) is 26.7 Å². The first-order valence-corrected chi connectivity index (χ1v) is 11.5. The van der Waals surface area contributed by atoms with Crippen molar-refractivity contribution in [2.75, 3.05) is 44.2 Å². The molecule has 1 aliphatic rings. The molecule has 9 nitrogen and oxygen atoms in total. The van der Waals surface area contributed by atoms with Gasteiger partial charge in [0, 0.05) is 44.9 Å². The second kappa shape index (κ2) is 13.9. The molecule has 184 valence electrons. The zero-order chi connectivity index (χ0) is 24.9. The van der Waals surface area contributed by atoms with Crippen molar-refractivity contribution in [3.8, 4) is 5.88 Å². The lowest BCUT2D eigenvalue weighted by molar-refractivity contribution is -0.134. The number of rotatable bonds is 10. The third kappa shape index (κ3) is 8.82. The third-order valence-electron chi connectivity index (χ3n) is 5.25. The van der Waals surface area contributed by atoms with E-state index in [9.17, 15) is 9.59 Å². The standard InChI is InChI=1S/C21H30N4O.C4H4O4/c1-4-8-17(3)16-26-20-18-9-6-7-10-19(18)22-21(23-20)25-14-12-24(11-5-2)13-15-25;5-3(6)1-2-4(7)8/h5-7,9-10,17H,2,4,8,11-16H2,1,3H3;1-2H,(H,5,6)(H,7,8)/b;2-1+. The summed E-state index contributed by atoms with van der Waals surface area (Å²) in [6, 6.07) is 8.12. The van der Waals surface area contributed by atoms with Crippen molar-refractivity contribution in [1.29, 1.82) is 0 Å². The molecule has 0 bridgehead atoms. The van der Waals surface area contributed by atoms with Crippen molar-refractivity contribution in [2.45, 2.75) is 26.7 Å². The molecule has 1 aliphatic heterocycles.